The first-order valence-corrected chi connectivity index (χ1v) is 5.55. The molecule has 0 saturated carbocycles. The lowest BCUT2D eigenvalue weighted by Crippen LogP contribution is -2.45. The number of hydrogen-bond acceptors (Lipinski definition) is 3. The van der Waals surface area contributed by atoms with Gasteiger partial charge in [0.2, 0.25) is 0 Å². The van der Waals surface area contributed by atoms with Crippen LogP contribution in [0.15, 0.2) is 24.3 Å². The highest BCUT2D eigenvalue weighted by Gasteiger charge is 2.35. The second-order valence-electron chi connectivity index (χ2n) is 3.87. The van der Waals surface area contributed by atoms with Crippen LogP contribution in [0.2, 0.25) is 0 Å². The van der Waals surface area contributed by atoms with Crippen molar-refractivity contribution in [2.24, 2.45) is 5.73 Å². The Morgan fingerprint density at radius 1 is 1.31 bits per heavy atom. The molecule has 0 saturated heterocycles. The Morgan fingerprint density at radius 3 is 2.25 bits per heavy atom. The van der Waals surface area contributed by atoms with E-state index >= 15 is 0 Å². The lowest BCUT2D eigenvalue weighted by molar-refractivity contribution is -0.147. The van der Waals surface area contributed by atoms with Crippen LogP contribution in [0.5, 0.6) is 0 Å². The quantitative estimate of drug-likeness (QED) is 0.791. The van der Waals surface area contributed by atoms with E-state index in [4.69, 9.17) is 10.5 Å². The molecule has 1 rings (SSSR count). The number of carbonyl (C=O) groups is 1. The standard InChI is InChI=1S/C13H19NO2/c1-4-10-6-8-11(9-7-10)13(14,5-2)12(15)16-3/h6-9H,4-5,14H2,1-3H3. The highest BCUT2D eigenvalue weighted by Crippen LogP contribution is 2.24. The summed E-state index contributed by atoms with van der Waals surface area (Å²) in [4.78, 5) is 11.7. The number of nitrogens with two attached hydrogens (primary N) is 1. The SMILES string of the molecule is CCc1ccc(C(N)(CC)C(=O)OC)cc1. The third-order valence-corrected chi connectivity index (χ3v) is 2.98. The van der Waals surface area contributed by atoms with Crippen molar-refractivity contribution >= 4 is 5.97 Å². The van der Waals surface area contributed by atoms with Crippen molar-refractivity contribution < 1.29 is 9.53 Å². The molecule has 2 N–H and O–H groups in total. The average molecular weight is 221 g/mol. The summed E-state index contributed by atoms with van der Waals surface area (Å²) in [6.07, 6.45) is 1.49. The Labute approximate surface area is 96.6 Å². The van der Waals surface area contributed by atoms with E-state index < -0.39 is 5.54 Å². The van der Waals surface area contributed by atoms with Gasteiger partial charge in [-0.3, -0.25) is 0 Å². The zero-order chi connectivity index (χ0) is 12.2. The minimum absolute atomic E-state index is 0.390. The van der Waals surface area contributed by atoms with Crippen LogP contribution in [0.25, 0.3) is 0 Å². The molecule has 0 radical (unpaired) electrons. The fourth-order valence-electron chi connectivity index (χ4n) is 1.69. The fourth-order valence-corrected chi connectivity index (χ4v) is 1.69. The van der Waals surface area contributed by atoms with Crippen LogP contribution >= 0.6 is 0 Å². The van der Waals surface area contributed by atoms with Gasteiger partial charge in [0, 0.05) is 0 Å². The highest BCUT2D eigenvalue weighted by molar-refractivity contribution is 5.82. The molecule has 1 unspecified atom stereocenters. The second-order valence-corrected chi connectivity index (χ2v) is 3.87. The Balaban J connectivity index is 3.07. The van der Waals surface area contributed by atoms with Crippen molar-refractivity contribution in [3.63, 3.8) is 0 Å². The van der Waals surface area contributed by atoms with E-state index in [9.17, 15) is 4.79 Å². The van der Waals surface area contributed by atoms with Gasteiger partial charge in [-0.2, -0.15) is 0 Å². The molecule has 0 fully saturated rings. The number of esters is 1. The molecule has 0 amide bonds. The maximum Gasteiger partial charge on any atom is 0.330 e. The maximum absolute atomic E-state index is 11.7. The Morgan fingerprint density at radius 2 is 1.88 bits per heavy atom. The number of carbonyl (C=O) groups excluding carboxylic acids is 1. The normalized spacial score (nSPS) is 14.2. The summed E-state index contributed by atoms with van der Waals surface area (Å²) >= 11 is 0. The molecular weight excluding hydrogens is 202 g/mol. The number of hydrogen-bond donors (Lipinski definition) is 1. The molecule has 0 spiro atoms. The lowest BCUT2D eigenvalue weighted by Gasteiger charge is -2.25. The number of benzene rings is 1. The van der Waals surface area contributed by atoms with E-state index in [0.717, 1.165) is 12.0 Å². The van der Waals surface area contributed by atoms with Gasteiger partial charge >= 0.3 is 5.97 Å². The second kappa shape index (κ2) is 5.12. The molecule has 3 nitrogen and oxygen atoms in total. The van der Waals surface area contributed by atoms with Crippen LogP contribution in [0.4, 0.5) is 0 Å². The summed E-state index contributed by atoms with van der Waals surface area (Å²) in [6.45, 7) is 3.97. The van der Waals surface area contributed by atoms with Crippen molar-refractivity contribution in [2.45, 2.75) is 32.2 Å². The van der Waals surface area contributed by atoms with E-state index in [1.54, 1.807) is 0 Å². The number of methoxy groups -OCH3 is 1. The van der Waals surface area contributed by atoms with Gasteiger partial charge in [-0.1, -0.05) is 38.1 Å². The van der Waals surface area contributed by atoms with Crippen molar-refractivity contribution in [3.8, 4) is 0 Å². The molecule has 0 aliphatic heterocycles. The summed E-state index contributed by atoms with van der Waals surface area (Å²) in [6, 6.07) is 7.80. The summed E-state index contributed by atoms with van der Waals surface area (Å²) in [5, 5.41) is 0. The monoisotopic (exact) mass is 221 g/mol. The summed E-state index contributed by atoms with van der Waals surface area (Å²) in [5.41, 5.74) is 7.10. The maximum atomic E-state index is 11.7. The Bertz CT molecular complexity index is 359. The zero-order valence-corrected chi connectivity index (χ0v) is 10.1. The van der Waals surface area contributed by atoms with Gasteiger partial charge < -0.3 is 10.5 Å². The number of aryl methyl sites for hydroxylation is 1. The van der Waals surface area contributed by atoms with Crippen LogP contribution in [0.1, 0.15) is 31.4 Å². The van der Waals surface area contributed by atoms with Crippen molar-refractivity contribution in [2.75, 3.05) is 7.11 Å². The smallest absolute Gasteiger partial charge is 0.330 e. The minimum atomic E-state index is -1.03. The molecule has 0 aliphatic carbocycles. The van der Waals surface area contributed by atoms with E-state index in [0.29, 0.717) is 6.42 Å². The van der Waals surface area contributed by atoms with Crippen molar-refractivity contribution in [3.05, 3.63) is 35.4 Å². The Hall–Kier alpha value is -1.35. The minimum Gasteiger partial charge on any atom is -0.467 e. The van der Waals surface area contributed by atoms with Gasteiger partial charge in [-0.25, -0.2) is 4.79 Å². The summed E-state index contributed by atoms with van der Waals surface area (Å²) < 4.78 is 4.75. The van der Waals surface area contributed by atoms with Crippen LogP contribution in [0.3, 0.4) is 0 Å². The third-order valence-electron chi connectivity index (χ3n) is 2.98. The molecule has 0 aliphatic rings. The average Bonchev–Trinajstić information content (AvgIpc) is 2.36. The number of ether oxygens (including phenoxy) is 1. The zero-order valence-electron chi connectivity index (χ0n) is 10.1. The summed E-state index contributed by atoms with van der Waals surface area (Å²) in [7, 11) is 1.36. The van der Waals surface area contributed by atoms with E-state index in [-0.39, 0.29) is 5.97 Å². The van der Waals surface area contributed by atoms with Crippen LogP contribution in [-0.2, 0) is 21.5 Å². The van der Waals surface area contributed by atoms with E-state index in [1.165, 1.54) is 12.7 Å². The fraction of sp³-hybridized carbons (Fsp3) is 0.462. The number of rotatable bonds is 4. The van der Waals surface area contributed by atoms with Crippen molar-refractivity contribution in [1.82, 2.24) is 0 Å². The third kappa shape index (κ3) is 2.25. The molecule has 0 bridgehead atoms. The molecule has 1 atom stereocenters. The highest BCUT2D eigenvalue weighted by atomic mass is 16.5. The van der Waals surface area contributed by atoms with Crippen LogP contribution in [-0.4, -0.2) is 13.1 Å². The van der Waals surface area contributed by atoms with Crippen LogP contribution < -0.4 is 5.73 Å². The van der Waals surface area contributed by atoms with Crippen LogP contribution in [0, 0.1) is 0 Å². The molecule has 1 aromatic carbocycles. The molecule has 3 heteroatoms. The predicted molar refractivity (Wildman–Crippen MR) is 64.0 cm³/mol. The van der Waals surface area contributed by atoms with Gasteiger partial charge in [0.05, 0.1) is 7.11 Å². The van der Waals surface area contributed by atoms with Gasteiger partial charge in [-0.05, 0) is 24.0 Å². The predicted octanol–water partition coefficient (Wildman–Crippen LogP) is 1.99. The van der Waals surface area contributed by atoms with E-state index in [2.05, 4.69) is 6.92 Å². The topological polar surface area (TPSA) is 52.3 Å². The molecule has 16 heavy (non-hydrogen) atoms. The summed E-state index contributed by atoms with van der Waals surface area (Å²) in [5.74, 6) is -0.390. The lowest BCUT2D eigenvalue weighted by atomic mass is 9.88. The first-order chi connectivity index (χ1) is 7.58. The van der Waals surface area contributed by atoms with Gasteiger partial charge in [0.25, 0.3) is 0 Å². The molecular formula is C13H19NO2. The molecule has 88 valence electrons. The molecule has 0 aromatic heterocycles. The Kier molecular flexibility index (Phi) is 4.07. The molecule has 1 aromatic rings. The van der Waals surface area contributed by atoms with Gasteiger partial charge in [-0.15, -0.1) is 0 Å². The van der Waals surface area contributed by atoms with E-state index in [1.807, 2.05) is 31.2 Å². The molecule has 0 heterocycles. The first kappa shape index (κ1) is 12.7. The van der Waals surface area contributed by atoms with Gasteiger partial charge in [0.15, 0.2) is 0 Å². The largest absolute Gasteiger partial charge is 0.467 e. The first-order valence-electron chi connectivity index (χ1n) is 5.55. The van der Waals surface area contributed by atoms with Crippen molar-refractivity contribution in [1.29, 1.82) is 0 Å². The van der Waals surface area contributed by atoms with Gasteiger partial charge in [0.1, 0.15) is 5.54 Å².